The van der Waals surface area contributed by atoms with Gasteiger partial charge in [0.05, 0.1) is 23.5 Å². The van der Waals surface area contributed by atoms with E-state index in [1.165, 1.54) is 30.5 Å². The maximum Gasteiger partial charge on any atom is 0.251 e. The van der Waals surface area contributed by atoms with Crippen LogP contribution in [0.5, 0.6) is 0 Å². The van der Waals surface area contributed by atoms with Crippen molar-refractivity contribution in [1.82, 2.24) is 10.0 Å². The zero-order valence-electron chi connectivity index (χ0n) is 13.6. The van der Waals surface area contributed by atoms with Crippen LogP contribution in [0.4, 0.5) is 0 Å². The number of carbonyl (C=O) groups excluding carboxylic acids is 1. The molecule has 1 atom stereocenters. The lowest BCUT2D eigenvalue weighted by Crippen LogP contribution is -2.31. The summed E-state index contributed by atoms with van der Waals surface area (Å²) < 4.78 is 37.4. The number of amides is 1. The van der Waals surface area contributed by atoms with Crippen LogP contribution >= 0.6 is 0 Å². The van der Waals surface area contributed by atoms with Gasteiger partial charge in [-0.15, -0.1) is 0 Å². The molecule has 2 heterocycles. The first-order chi connectivity index (χ1) is 12.0. The number of ether oxygens (including phenoxy) is 1. The van der Waals surface area contributed by atoms with Gasteiger partial charge in [-0.25, -0.2) is 13.1 Å². The van der Waals surface area contributed by atoms with E-state index in [1.54, 1.807) is 12.3 Å². The molecule has 7 nitrogen and oxygen atoms in total. The van der Waals surface area contributed by atoms with Crippen LogP contribution in [0.2, 0.25) is 0 Å². The molecule has 1 aromatic carbocycles. The minimum atomic E-state index is -3.61. The molecule has 1 aromatic heterocycles. The van der Waals surface area contributed by atoms with Gasteiger partial charge in [0.2, 0.25) is 10.0 Å². The molecule has 1 saturated heterocycles. The Morgan fingerprint density at radius 2 is 2.00 bits per heavy atom. The Labute approximate surface area is 146 Å². The Bertz CT molecular complexity index is 794. The van der Waals surface area contributed by atoms with Crippen LogP contribution in [0.25, 0.3) is 0 Å². The molecule has 8 heteroatoms. The molecule has 25 heavy (non-hydrogen) atoms. The smallest absolute Gasteiger partial charge is 0.251 e. The van der Waals surface area contributed by atoms with Gasteiger partial charge in [-0.1, -0.05) is 0 Å². The van der Waals surface area contributed by atoms with Gasteiger partial charge in [-0.2, -0.15) is 0 Å². The second-order valence-corrected chi connectivity index (χ2v) is 7.59. The lowest BCUT2D eigenvalue weighted by molar-refractivity contribution is 0.0950. The van der Waals surface area contributed by atoms with Gasteiger partial charge in [-0.3, -0.25) is 4.79 Å². The summed E-state index contributed by atoms with van der Waals surface area (Å²) >= 11 is 0. The third-order valence-corrected chi connectivity index (χ3v) is 5.42. The van der Waals surface area contributed by atoms with Gasteiger partial charge in [0.15, 0.2) is 0 Å². The molecule has 2 N–H and O–H groups in total. The predicted octanol–water partition coefficient (Wildman–Crippen LogP) is 1.67. The summed E-state index contributed by atoms with van der Waals surface area (Å²) in [5.41, 5.74) is 1.24. The second-order valence-electron chi connectivity index (χ2n) is 5.83. The number of hydrogen-bond acceptors (Lipinski definition) is 5. The van der Waals surface area contributed by atoms with Crippen LogP contribution in [-0.4, -0.2) is 33.6 Å². The molecule has 3 rings (SSSR count). The molecule has 0 unspecified atom stereocenters. The van der Waals surface area contributed by atoms with Gasteiger partial charge >= 0.3 is 0 Å². The number of nitrogens with one attached hydrogen (secondary N) is 2. The molecule has 0 saturated carbocycles. The summed E-state index contributed by atoms with van der Waals surface area (Å²) in [6, 6.07) is 7.58. The van der Waals surface area contributed by atoms with E-state index in [2.05, 4.69) is 10.0 Å². The Kier molecular flexibility index (Phi) is 5.52. The fraction of sp³-hybridized carbons (Fsp3) is 0.353. The van der Waals surface area contributed by atoms with Crippen LogP contribution < -0.4 is 10.0 Å². The van der Waals surface area contributed by atoms with Crippen LogP contribution in [0, 0.1) is 0 Å². The molecule has 0 radical (unpaired) electrons. The highest BCUT2D eigenvalue weighted by Gasteiger charge is 2.20. The van der Waals surface area contributed by atoms with E-state index in [4.69, 9.17) is 9.15 Å². The summed E-state index contributed by atoms with van der Waals surface area (Å²) in [4.78, 5) is 12.2. The van der Waals surface area contributed by atoms with Crippen LogP contribution in [-0.2, 0) is 21.3 Å². The topological polar surface area (TPSA) is 97.6 Å². The Morgan fingerprint density at radius 1 is 1.20 bits per heavy atom. The van der Waals surface area contributed by atoms with Crippen molar-refractivity contribution < 1.29 is 22.4 Å². The zero-order valence-corrected chi connectivity index (χ0v) is 14.4. The highest BCUT2D eigenvalue weighted by molar-refractivity contribution is 7.89. The summed E-state index contributed by atoms with van der Waals surface area (Å²) in [5.74, 6) is -0.280. The number of furan rings is 1. The van der Waals surface area contributed by atoms with Gasteiger partial charge < -0.3 is 14.5 Å². The minimum absolute atomic E-state index is 0.0669. The Morgan fingerprint density at radius 3 is 2.64 bits per heavy atom. The molecule has 0 bridgehead atoms. The van der Waals surface area contributed by atoms with Crippen LogP contribution in [0.1, 0.15) is 28.8 Å². The molecule has 1 fully saturated rings. The monoisotopic (exact) mass is 364 g/mol. The van der Waals surface area contributed by atoms with Gasteiger partial charge in [0.1, 0.15) is 0 Å². The van der Waals surface area contributed by atoms with Gasteiger partial charge in [-0.05, 0) is 43.2 Å². The molecule has 0 aliphatic carbocycles. The lowest BCUT2D eigenvalue weighted by atomic mass is 10.2. The van der Waals surface area contributed by atoms with E-state index in [-0.39, 0.29) is 23.5 Å². The van der Waals surface area contributed by atoms with E-state index in [9.17, 15) is 13.2 Å². The molecule has 1 aliphatic rings. The molecular formula is C17H20N2O5S. The number of rotatable bonds is 7. The minimum Gasteiger partial charge on any atom is -0.472 e. The molecule has 1 aliphatic heterocycles. The first kappa shape index (κ1) is 17.7. The highest BCUT2D eigenvalue weighted by atomic mass is 32.2. The number of benzene rings is 1. The van der Waals surface area contributed by atoms with Gasteiger partial charge in [0.25, 0.3) is 5.91 Å². The van der Waals surface area contributed by atoms with E-state index in [0.717, 1.165) is 18.4 Å². The van der Waals surface area contributed by atoms with E-state index in [0.29, 0.717) is 18.7 Å². The van der Waals surface area contributed by atoms with Crippen molar-refractivity contribution in [3.05, 3.63) is 54.0 Å². The van der Waals surface area contributed by atoms with Crippen molar-refractivity contribution in [3.63, 3.8) is 0 Å². The molecule has 2 aromatic rings. The Balaban J connectivity index is 1.57. The van der Waals surface area contributed by atoms with Crippen molar-refractivity contribution in [3.8, 4) is 0 Å². The lowest BCUT2D eigenvalue weighted by Gasteiger charge is -2.11. The standard InChI is InChI=1S/C17H20N2O5S/c20-17(18-10-13-7-9-23-12-13)14-3-5-16(6-4-14)25(21,22)19-11-15-2-1-8-24-15/h3-7,9,12,15,19H,1-2,8,10-11H2,(H,18,20)/t15-/m0/s1. The highest BCUT2D eigenvalue weighted by Crippen LogP contribution is 2.14. The van der Waals surface area contributed by atoms with Gasteiger partial charge in [0, 0.05) is 30.8 Å². The first-order valence-electron chi connectivity index (χ1n) is 8.05. The summed E-state index contributed by atoms with van der Waals surface area (Å²) in [7, 11) is -3.61. The third-order valence-electron chi connectivity index (χ3n) is 3.98. The number of hydrogen-bond donors (Lipinski definition) is 2. The molecule has 1 amide bonds. The first-order valence-corrected chi connectivity index (χ1v) is 9.53. The molecule has 0 spiro atoms. The van der Waals surface area contributed by atoms with Crippen LogP contribution in [0.3, 0.4) is 0 Å². The second kappa shape index (κ2) is 7.81. The normalized spacial score (nSPS) is 17.5. The maximum atomic E-state index is 12.3. The molecular weight excluding hydrogens is 344 g/mol. The largest absolute Gasteiger partial charge is 0.472 e. The quantitative estimate of drug-likeness (QED) is 0.779. The van der Waals surface area contributed by atoms with E-state index in [1.807, 2.05) is 0 Å². The fourth-order valence-electron chi connectivity index (χ4n) is 2.55. The Hall–Kier alpha value is -2.16. The number of carbonyl (C=O) groups is 1. The fourth-order valence-corrected chi connectivity index (χ4v) is 3.62. The van der Waals surface area contributed by atoms with E-state index >= 15 is 0 Å². The predicted molar refractivity (Wildman–Crippen MR) is 90.5 cm³/mol. The van der Waals surface area contributed by atoms with Crippen molar-refractivity contribution in [2.75, 3.05) is 13.2 Å². The van der Waals surface area contributed by atoms with Crippen molar-refractivity contribution in [2.45, 2.75) is 30.4 Å². The zero-order chi connectivity index (χ0) is 17.7. The summed E-state index contributed by atoms with van der Waals surface area (Å²) in [5, 5.41) is 2.74. The SMILES string of the molecule is O=C(NCc1ccoc1)c1ccc(S(=O)(=O)NC[C@@H]2CCCO2)cc1. The third kappa shape index (κ3) is 4.68. The maximum absolute atomic E-state index is 12.3. The van der Waals surface area contributed by atoms with Crippen LogP contribution in [0.15, 0.2) is 52.2 Å². The number of sulfonamides is 1. The van der Waals surface area contributed by atoms with E-state index < -0.39 is 10.0 Å². The van der Waals surface area contributed by atoms with Crippen molar-refractivity contribution >= 4 is 15.9 Å². The summed E-state index contributed by atoms with van der Waals surface area (Å²) in [6.07, 6.45) is 4.83. The molecule has 134 valence electrons. The average molecular weight is 364 g/mol. The van der Waals surface area contributed by atoms with Crippen molar-refractivity contribution in [1.29, 1.82) is 0 Å². The average Bonchev–Trinajstić information content (AvgIpc) is 3.31. The van der Waals surface area contributed by atoms with Crippen molar-refractivity contribution in [2.24, 2.45) is 0 Å². The summed E-state index contributed by atoms with van der Waals surface area (Å²) in [6.45, 7) is 1.28.